The van der Waals surface area contributed by atoms with Crippen molar-refractivity contribution >= 4 is 11.9 Å². The predicted octanol–water partition coefficient (Wildman–Crippen LogP) is 1.88. The summed E-state index contributed by atoms with van der Waals surface area (Å²) < 4.78 is 10.8. The molecule has 0 radical (unpaired) electrons. The molecular formula is C18H19N3O5. The molecule has 2 heterocycles. The first kappa shape index (κ1) is 17.8. The number of hydrogen-bond donors (Lipinski definition) is 2. The molecule has 8 nitrogen and oxygen atoms in total. The highest BCUT2D eigenvalue weighted by Crippen LogP contribution is 2.30. The fourth-order valence-electron chi connectivity index (χ4n) is 2.74. The van der Waals surface area contributed by atoms with Gasteiger partial charge < -0.3 is 19.9 Å². The summed E-state index contributed by atoms with van der Waals surface area (Å²) >= 11 is 0. The Bertz CT molecular complexity index is 775. The normalized spacial score (nSPS) is 15.8. The second-order valence-corrected chi connectivity index (χ2v) is 6.05. The molecule has 3 rings (SSSR count). The molecule has 1 fully saturated rings. The molecule has 2 aromatic rings. The molecule has 2 N–H and O–H groups in total. The molecule has 136 valence electrons. The molecule has 0 spiro atoms. The van der Waals surface area contributed by atoms with Crippen LogP contribution < -0.4 is 10.1 Å². The number of carboxylic acid groups (broad SMARTS) is 1. The van der Waals surface area contributed by atoms with Crippen molar-refractivity contribution in [3.05, 3.63) is 48.4 Å². The summed E-state index contributed by atoms with van der Waals surface area (Å²) in [6.45, 7) is 0.812. The molecule has 1 saturated heterocycles. The smallest absolute Gasteiger partial charge is 0.311 e. The Kier molecular flexibility index (Phi) is 5.43. The number of nitrogens with zero attached hydrogens (tertiary/aromatic N) is 2. The predicted molar refractivity (Wildman–Crippen MR) is 91.0 cm³/mol. The van der Waals surface area contributed by atoms with Crippen molar-refractivity contribution < 1.29 is 24.2 Å². The van der Waals surface area contributed by atoms with Crippen LogP contribution >= 0.6 is 0 Å². The van der Waals surface area contributed by atoms with Gasteiger partial charge in [0, 0.05) is 37.7 Å². The van der Waals surface area contributed by atoms with Crippen LogP contribution in [0.25, 0.3) is 0 Å². The number of nitrogens with one attached hydrogen (secondary N) is 1. The van der Waals surface area contributed by atoms with E-state index < -0.39 is 11.4 Å². The second-order valence-electron chi connectivity index (χ2n) is 6.05. The Morgan fingerprint density at radius 2 is 2.08 bits per heavy atom. The number of ether oxygens (including phenoxy) is 2. The van der Waals surface area contributed by atoms with Crippen molar-refractivity contribution in [2.24, 2.45) is 5.41 Å². The lowest BCUT2D eigenvalue weighted by molar-refractivity contribution is -0.154. The second kappa shape index (κ2) is 7.92. The van der Waals surface area contributed by atoms with Crippen molar-refractivity contribution in [1.82, 2.24) is 15.3 Å². The lowest BCUT2D eigenvalue weighted by atomic mass is 9.80. The van der Waals surface area contributed by atoms with Crippen LogP contribution in [0.1, 0.15) is 23.2 Å². The maximum Gasteiger partial charge on any atom is 0.311 e. The number of aliphatic carboxylic acids is 1. The molecule has 0 atom stereocenters. The van der Waals surface area contributed by atoms with Crippen molar-refractivity contribution in [1.29, 1.82) is 0 Å². The van der Waals surface area contributed by atoms with Crippen LogP contribution in [0, 0.1) is 5.41 Å². The molecule has 1 aromatic heterocycles. The molecule has 0 aliphatic carbocycles. The zero-order chi connectivity index (χ0) is 18.4. The molecule has 0 saturated carbocycles. The summed E-state index contributed by atoms with van der Waals surface area (Å²) in [7, 11) is 0. The largest absolute Gasteiger partial charge is 0.481 e. The molecular weight excluding hydrogens is 338 g/mol. The van der Waals surface area contributed by atoms with Gasteiger partial charge in [-0.2, -0.15) is 0 Å². The minimum absolute atomic E-state index is 0.0553. The van der Waals surface area contributed by atoms with Crippen LogP contribution in [0.3, 0.4) is 0 Å². The number of benzene rings is 1. The van der Waals surface area contributed by atoms with Crippen molar-refractivity contribution in [2.45, 2.75) is 12.8 Å². The highest BCUT2D eigenvalue weighted by molar-refractivity contribution is 5.95. The first-order chi connectivity index (χ1) is 12.6. The Morgan fingerprint density at radius 3 is 2.77 bits per heavy atom. The standard InChI is InChI=1S/C18H19N3O5/c22-16(21-12-18(17(23)24)4-8-25-9-5-18)13-2-1-3-14(10-13)26-15-11-19-6-7-20-15/h1-3,6-7,10-11H,4-5,8-9,12H2,(H,21,22)(H,23,24). The van der Waals surface area contributed by atoms with E-state index in [0.29, 0.717) is 43.2 Å². The third-order valence-electron chi connectivity index (χ3n) is 4.35. The third kappa shape index (κ3) is 4.15. The monoisotopic (exact) mass is 357 g/mol. The van der Waals surface area contributed by atoms with Gasteiger partial charge in [0.05, 0.1) is 11.6 Å². The number of rotatable bonds is 6. The first-order valence-corrected chi connectivity index (χ1v) is 8.22. The summed E-state index contributed by atoms with van der Waals surface area (Å²) in [5.74, 6) is -0.517. The number of carboxylic acids is 1. The SMILES string of the molecule is O=C(NCC1(C(=O)O)CCOCC1)c1cccc(Oc2cnccn2)c1. The van der Waals surface area contributed by atoms with Crippen LogP contribution in [0.5, 0.6) is 11.6 Å². The maximum atomic E-state index is 12.4. The van der Waals surface area contributed by atoms with Crippen LogP contribution in [-0.2, 0) is 9.53 Å². The van der Waals surface area contributed by atoms with Crippen LogP contribution in [0.15, 0.2) is 42.9 Å². The number of carbonyl (C=O) groups is 2. The number of hydrogen-bond acceptors (Lipinski definition) is 6. The van der Waals surface area contributed by atoms with Crippen LogP contribution in [-0.4, -0.2) is 46.7 Å². The van der Waals surface area contributed by atoms with Crippen LogP contribution in [0.4, 0.5) is 0 Å². The molecule has 8 heteroatoms. The summed E-state index contributed by atoms with van der Waals surface area (Å²) in [5, 5.41) is 12.3. The van der Waals surface area contributed by atoms with E-state index in [1.165, 1.54) is 18.6 Å². The molecule has 0 bridgehead atoms. The number of carbonyl (C=O) groups excluding carboxylic acids is 1. The minimum Gasteiger partial charge on any atom is -0.481 e. The van der Waals surface area contributed by atoms with E-state index in [2.05, 4.69) is 15.3 Å². The lowest BCUT2D eigenvalue weighted by Gasteiger charge is -2.33. The zero-order valence-corrected chi connectivity index (χ0v) is 14.1. The highest BCUT2D eigenvalue weighted by atomic mass is 16.5. The number of amides is 1. The molecule has 0 unspecified atom stereocenters. The fraction of sp³-hybridized carbons (Fsp3) is 0.333. The van der Waals surface area contributed by atoms with E-state index in [9.17, 15) is 14.7 Å². The Balaban J connectivity index is 1.66. The Labute approximate surface area is 150 Å². The van der Waals surface area contributed by atoms with Gasteiger partial charge in [-0.05, 0) is 31.0 Å². The average Bonchev–Trinajstić information content (AvgIpc) is 2.68. The molecule has 1 aliphatic heterocycles. The Morgan fingerprint density at radius 1 is 1.27 bits per heavy atom. The average molecular weight is 357 g/mol. The van der Waals surface area contributed by atoms with Crippen molar-refractivity contribution in [3.8, 4) is 11.6 Å². The first-order valence-electron chi connectivity index (χ1n) is 8.22. The van der Waals surface area contributed by atoms with Gasteiger partial charge in [-0.25, -0.2) is 4.98 Å². The molecule has 26 heavy (non-hydrogen) atoms. The van der Waals surface area contributed by atoms with E-state index >= 15 is 0 Å². The summed E-state index contributed by atoms with van der Waals surface area (Å²) in [4.78, 5) is 32.0. The van der Waals surface area contributed by atoms with E-state index in [0.717, 1.165) is 0 Å². The van der Waals surface area contributed by atoms with E-state index in [1.807, 2.05) is 0 Å². The van der Waals surface area contributed by atoms with Gasteiger partial charge in [0.2, 0.25) is 5.88 Å². The topological polar surface area (TPSA) is 111 Å². The van der Waals surface area contributed by atoms with Gasteiger partial charge in [0.15, 0.2) is 0 Å². The zero-order valence-electron chi connectivity index (χ0n) is 14.1. The van der Waals surface area contributed by atoms with E-state index in [1.54, 1.807) is 24.3 Å². The van der Waals surface area contributed by atoms with Crippen molar-refractivity contribution in [2.75, 3.05) is 19.8 Å². The van der Waals surface area contributed by atoms with Gasteiger partial charge in [0.1, 0.15) is 5.75 Å². The van der Waals surface area contributed by atoms with Gasteiger partial charge in [-0.15, -0.1) is 0 Å². The molecule has 1 aliphatic rings. The molecule has 1 aromatic carbocycles. The van der Waals surface area contributed by atoms with Gasteiger partial charge in [-0.3, -0.25) is 14.6 Å². The van der Waals surface area contributed by atoms with E-state index in [-0.39, 0.29) is 12.5 Å². The Hall–Kier alpha value is -3.00. The number of aromatic nitrogens is 2. The summed E-state index contributed by atoms with van der Waals surface area (Å²) in [6, 6.07) is 6.59. The van der Waals surface area contributed by atoms with Gasteiger partial charge in [-0.1, -0.05) is 6.07 Å². The van der Waals surface area contributed by atoms with Gasteiger partial charge in [0.25, 0.3) is 5.91 Å². The van der Waals surface area contributed by atoms with Crippen LogP contribution in [0.2, 0.25) is 0 Å². The van der Waals surface area contributed by atoms with Crippen molar-refractivity contribution in [3.63, 3.8) is 0 Å². The summed E-state index contributed by atoms with van der Waals surface area (Å²) in [6.07, 6.45) is 5.25. The van der Waals surface area contributed by atoms with Gasteiger partial charge >= 0.3 is 5.97 Å². The highest BCUT2D eigenvalue weighted by Gasteiger charge is 2.40. The third-order valence-corrected chi connectivity index (χ3v) is 4.35. The minimum atomic E-state index is -0.984. The molecule has 1 amide bonds. The quantitative estimate of drug-likeness (QED) is 0.812. The fourth-order valence-corrected chi connectivity index (χ4v) is 2.74. The maximum absolute atomic E-state index is 12.4. The summed E-state index contributed by atoms with van der Waals surface area (Å²) in [5.41, 5.74) is -0.610. The van der Waals surface area contributed by atoms with E-state index in [4.69, 9.17) is 9.47 Å². The lowest BCUT2D eigenvalue weighted by Crippen LogP contribution is -2.46.